The lowest BCUT2D eigenvalue weighted by atomic mass is 9.98. The van der Waals surface area contributed by atoms with Crippen LogP contribution in [0.1, 0.15) is 16.7 Å². The van der Waals surface area contributed by atoms with Crippen molar-refractivity contribution in [3.05, 3.63) is 35.0 Å². The first-order chi connectivity index (χ1) is 8.25. The summed E-state index contributed by atoms with van der Waals surface area (Å²) in [5, 5.41) is 4.68. The Hall–Kier alpha value is -1.77. The monoisotopic (exact) mass is 227 g/mol. The lowest BCUT2D eigenvalue weighted by Gasteiger charge is -2.10. The molecule has 0 saturated heterocycles. The van der Waals surface area contributed by atoms with Crippen molar-refractivity contribution in [2.45, 2.75) is 20.3 Å². The molecule has 2 N–H and O–H groups in total. The Bertz CT molecular complexity index is 593. The van der Waals surface area contributed by atoms with E-state index < -0.39 is 0 Å². The summed E-state index contributed by atoms with van der Waals surface area (Å²) in [7, 11) is 0. The van der Waals surface area contributed by atoms with E-state index >= 15 is 0 Å². The molecular weight excluding hydrogens is 210 g/mol. The van der Waals surface area contributed by atoms with Crippen LogP contribution in [0.2, 0.25) is 0 Å². The summed E-state index contributed by atoms with van der Waals surface area (Å²) in [5.41, 5.74) is 5.31. The maximum Gasteiger partial charge on any atom is 0.101 e. The number of H-pyrrole nitrogens is 1. The van der Waals surface area contributed by atoms with Gasteiger partial charge < -0.3 is 10.3 Å². The molecule has 3 nitrogen and oxygen atoms in total. The Morgan fingerprint density at radius 2 is 2.18 bits per heavy atom. The van der Waals surface area contributed by atoms with Gasteiger partial charge in [0.05, 0.1) is 6.54 Å². The van der Waals surface area contributed by atoms with E-state index in [-0.39, 0.29) is 0 Å². The Balaban J connectivity index is 2.11. The minimum absolute atomic E-state index is 0.913. The second-order valence-corrected chi connectivity index (χ2v) is 4.69. The SMILES string of the molecule is Cc1cc(C)c2[nH]ccc2c1CC1=NCCN1. The smallest absolute Gasteiger partial charge is 0.101 e. The van der Waals surface area contributed by atoms with Crippen LogP contribution in [0.4, 0.5) is 0 Å². The Morgan fingerprint density at radius 3 is 2.94 bits per heavy atom. The van der Waals surface area contributed by atoms with E-state index in [4.69, 9.17) is 0 Å². The quantitative estimate of drug-likeness (QED) is 0.812. The van der Waals surface area contributed by atoms with Gasteiger partial charge in [-0.05, 0) is 36.6 Å². The lowest BCUT2D eigenvalue weighted by molar-refractivity contribution is 0.953. The van der Waals surface area contributed by atoms with Crippen LogP contribution in [0.5, 0.6) is 0 Å². The molecule has 1 aliphatic rings. The van der Waals surface area contributed by atoms with Gasteiger partial charge in [-0.2, -0.15) is 0 Å². The average Bonchev–Trinajstić information content (AvgIpc) is 2.95. The molecule has 2 aromatic rings. The van der Waals surface area contributed by atoms with Crippen molar-refractivity contribution in [1.29, 1.82) is 0 Å². The minimum atomic E-state index is 0.913. The molecule has 0 spiro atoms. The third-order valence-corrected chi connectivity index (χ3v) is 3.46. The van der Waals surface area contributed by atoms with Gasteiger partial charge in [0.2, 0.25) is 0 Å². The highest BCUT2D eigenvalue weighted by Crippen LogP contribution is 2.25. The zero-order chi connectivity index (χ0) is 11.8. The van der Waals surface area contributed by atoms with Crippen molar-refractivity contribution < 1.29 is 0 Å². The molecule has 1 aromatic carbocycles. The van der Waals surface area contributed by atoms with Gasteiger partial charge in [0.25, 0.3) is 0 Å². The topological polar surface area (TPSA) is 40.2 Å². The summed E-state index contributed by atoms with van der Waals surface area (Å²) in [5.74, 6) is 1.12. The summed E-state index contributed by atoms with van der Waals surface area (Å²) in [6.07, 6.45) is 2.94. The van der Waals surface area contributed by atoms with Crippen LogP contribution in [0.3, 0.4) is 0 Å². The summed E-state index contributed by atoms with van der Waals surface area (Å²) in [6.45, 7) is 6.23. The molecule has 88 valence electrons. The molecule has 0 amide bonds. The van der Waals surface area contributed by atoms with Gasteiger partial charge in [0.15, 0.2) is 0 Å². The predicted octanol–water partition coefficient (Wildman–Crippen LogP) is 2.33. The second kappa shape index (κ2) is 3.91. The van der Waals surface area contributed by atoms with Crippen LogP contribution in [0.15, 0.2) is 23.3 Å². The lowest BCUT2D eigenvalue weighted by Crippen LogP contribution is -2.21. The zero-order valence-electron chi connectivity index (χ0n) is 10.3. The van der Waals surface area contributed by atoms with Crippen LogP contribution in [-0.2, 0) is 6.42 Å². The highest BCUT2D eigenvalue weighted by Gasteiger charge is 2.12. The van der Waals surface area contributed by atoms with Gasteiger partial charge in [0.1, 0.15) is 5.84 Å². The summed E-state index contributed by atoms with van der Waals surface area (Å²) < 4.78 is 0. The van der Waals surface area contributed by atoms with Crippen molar-refractivity contribution in [2.75, 3.05) is 13.1 Å². The number of rotatable bonds is 2. The van der Waals surface area contributed by atoms with E-state index in [0.717, 1.165) is 25.3 Å². The molecule has 17 heavy (non-hydrogen) atoms. The number of hydrogen-bond acceptors (Lipinski definition) is 2. The normalized spacial score (nSPS) is 15.1. The first-order valence-electron chi connectivity index (χ1n) is 6.09. The standard InChI is InChI=1S/C14H17N3/c1-9-7-10(2)14-11(3-4-17-14)12(9)8-13-15-5-6-16-13/h3-4,7,17H,5-6,8H2,1-2H3,(H,15,16). The van der Waals surface area contributed by atoms with Gasteiger partial charge in [-0.25, -0.2) is 0 Å². The predicted molar refractivity (Wildman–Crippen MR) is 71.8 cm³/mol. The number of nitrogens with zero attached hydrogens (tertiary/aromatic N) is 1. The molecule has 0 radical (unpaired) electrons. The number of nitrogens with one attached hydrogen (secondary N) is 2. The molecule has 2 heterocycles. The number of hydrogen-bond donors (Lipinski definition) is 2. The van der Waals surface area contributed by atoms with E-state index in [1.54, 1.807) is 0 Å². The van der Waals surface area contributed by atoms with Gasteiger partial charge >= 0.3 is 0 Å². The zero-order valence-corrected chi connectivity index (χ0v) is 10.3. The van der Waals surface area contributed by atoms with Crippen molar-refractivity contribution in [2.24, 2.45) is 4.99 Å². The maximum absolute atomic E-state index is 4.48. The molecule has 0 bridgehead atoms. The second-order valence-electron chi connectivity index (χ2n) is 4.69. The summed E-state index contributed by atoms with van der Waals surface area (Å²) in [6, 6.07) is 4.42. The van der Waals surface area contributed by atoms with E-state index in [0.29, 0.717) is 0 Å². The third kappa shape index (κ3) is 1.71. The Kier molecular flexibility index (Phi) is 2.39. The van der Waals surface area contributed by atoms with Crippen LogP contribution in [0.25, 0.3) is 10.9 Å². The molecule has 1 aromatic heterocycles. The van der Waals surface area contributed by atoms with Gasteiger partial charge in [-0.1, -0.05) is 6.07 Å². The molecule has 0 saturated carbocycles. The number of benzene rings is 1. The molecule has 0 aliphatic carbocycles. The van der Waals surface area contributed by atoms with E-state index in [1.165, 1.54) is 27.6 Å². The van der Waals surface area contributed by atoms with Crippen LogP contribution < -0.4 is 5.32 Å². The average molecular weight is 227 g/mol. The van der Waals surface area contributed by atoms with Crippen LogP contribution in [0, 0.1) is 13.8 Å². The van der Waals surface area contributed by atoms with Crippen molar-refractivity contribution in [1.82, 2.24) is 10.3 Å². The molecule has 3 rings (SSSR count). The first-order valence-corrected chi connectivity index (χ1v) is 6.09. The number of aryl methyl sites for hydroxylation is 2. The van der Waals surface area contributed by atoms with E-state index in [2.05, 4.69) is 41.3 Å². The molecule has 1 aliphatic heterocycles. The van der Waals surface area contributed by atoms with Gasteiger partial charge in [-0.15, -0.1) is 0 Å². The molecule has 0 unspecified atom stereocenters. The van der Waals surface area contributed by atoms with E-state index in [9.17, 15) is 0 Å². The van der Waals surface area contributed by atoms with Crippen LogP contribution in [-0.4, -0.2) is 23.9 Å². The third-order valence-electron chi connectivity index (χ3n) is 3.46. The number of aliphatic imine (C=N–C) groups is 1. The Morgan fingerprint density at radius 1 is 1.29 bits per heavy atom. The van der Waals surface area contributed by atoms with Crippen LogP contribution >= 0.6 is 0 Å². The number of aromatic amines is 1. The van der Waals surface area contributed by atoms with Gasteiger partial charge in [-0.3, -0.25) is 4.99 Å². The number of fused-ring (bicyclic) bond motifs is 1. The minimum Gasteiger partial charge on any atom is -0.372 e. The highest BCUT2D eigenvalue weighted by molar-refractivity contribution is 5.93. The van der Waals surface area contributed by atoms with Crippen molar-refractivity contribution in [3.63, 3.8) is 0 Å². The number of amidine groups is 1. The molecular formula is C14H17N3. The highest BCUT2D eigenvalue weighted by atomic mass is 15.1. The fraction of sp³-hybridized carbons (Fsp3) is 0.357. The molecule has 0 atom stereocenters. The Labute approximate surface area is 101 Å². The summed E-state index contributed by atoms with van der Waals surface area (Å²) in [4.78, 5) is 7.80. The van der Waals surface area contributed by atoms with Crippen molar-refractivity contribution in [3.8, 4) is 0 Å². The van der Waals surface area contributed by atoms with E-state index in [1.807, 2.05) is 6.20 Å². The fourth-order valence-corrected chi connectivity index (χ4v) is 2.61. The molecule has 3 heteroatoms. The molecule has 0 fully saturated rings. The summed E-state index contributed by atoms with van der Waals surface area (Å²) >= 11 is 0. The fourth-order valence-electron chi connectivity index (χ4n) is 2.61. The van der Waals surface area contributed by atoms with Gasteiger partial charge in [0, 0.05) is 30.1 Å². The number of aromatic nitrogens is 1. The largest absolute Gasteiger partial charge is 0.372 e. The first kappa shape index (κ1) is 10.4. The van der Waals surface area contributed by atoms with Crippen molar-refractivity contribution >= 4 is 16.7 Å². The maximum atomic E-state index is 4.48.